The third-order valence-corrected chi connectivity index (χ3v) is 5.85. The van der Waals surface area contributed by atoms with Gasteiger partial charge in [-0.25, -0.2) is 13.6 Å². The molecule has 1 unspecified atom stereocenters. The standard InChI is InChI=1S/C20H24F2N2O3S/c1-3-28-19-18(20(25)26)13(2)10-17(23-6-8-27-9-7-23)24(19)12-14-11-15(21)4-5-16(14)22/h4-5,10-11,17H,3,6-9,12H2,1-2H3,(H,25,26). The Balaban J connectivity index is 2.06. The maximum Gasteiger partial charge on any atom is 0.338 e. The van der Waals surface area contributed by atoms with Gasteiger partial charge in [0, 0.05) is 25.2 Å². The second-order valence-electron chi connectivity index (χ2n) is 6.69. The Morgan fingerprint density at radius 2 is 2.04 bits per heavy atom. The number of carboxylic acids is 1. The number of rotatable bonds is 6. The van der Waals surface area contributed by atoms with Crippen LogP contribution in [0, 0.1) is 11.6 Å². The Hall–Kier alpha value is -1.90. The summed E-state index contributed by atoms with van der Waals surface area (Å²) in [6, 6.07) is 3.36. The predicted octanol–water partition coefficient (Wildman–Crippen LogP) is 3.43. The average Bonchev–Trinajstić information content (AvgIpc) is 2.67. The van der Waals surface area contributed by atoms with Crippen molar-refractivity contribution in [1.82, 2.24) is 9.80 Å². The number of aliphatic carboxylic acids is 1. The number of benzene rings is 1. The Bertz CT molecular complexity index is 807. The molecule has 152 valence electrons. The van der Waals surface area contributed by atoms with Crippen molar-refractivity contribution in [2.45, 2.75) is 26.6 Å². The van der Waals surface area contributed by atoms with Crippen LogP contribution in [-0.4, -0.2) is 59.1 Å². The normalized spacial score (nSPS) is 21.1. The summed E-state index contributed by atoms with van der Waals surface area (Å²) >= 11 is 1.41. The predicted molar refractivity (Wildman–Crippen MR) is 105 cm³/mol. The van der Waals surface area contributed by atoms with Gasteiger partial charge in [-0.15, -0.1) is 11.8 Å². The lowest BCUT2D eigenvalue weighted by Gasteiger charge is -2.44. The monoisotopic (exact) mass is 410 g/mol. The lowest BCUT2D eigenvalue weighted by atomic mass is 10.0. The zero-order valence-electron chi connectivity index (χ0n) is 16.0. The van der Waals surface area contributed by atoms with Gasteiger partial charge in [-0.1, -0.05) is 6.92 Å². The van der Waals surface area contributed by atoms with E-state index >= 15 is 0 Å². The number of hydrogen-bond acceptors (Lipinski definition) is 5. The van der Waals surface area contributed by atoms with E-state index in [-0.39, 0.29) is 23.8 Å². The number of carboxylic acid groups (broad SMARTS) is 1. The fourth-order valence-electron chi connectivity index (χ4n) is 3.54. The minimum Gasteiger partial charge on any atom is -0.478 e. The van der Waals surface area contributed by atoms with Crippen LogP contribution >= 0.6 is 11.8 Å². The SMILES string of the molecule is CCSC1=C(C(=O)O)C(C)=CC(N2CCOCC2)N1Cc1cc(F)ccc1F. The second kappa shape index (κ2) is 9.07. The lowest BCUT2D eigenvalue weighted by Crippen LogP contribution is -2.52. The molecule has 0 spiro atoms. The van der Waals surface area contributed by atoms with Crippen molar-refractivity contribution in [3.8, 4) is 0 Å². The molecular formula is C20H24F2N2O3S. The third-order valence-electron chi connectivity index (χ3n) is 4.85. The van der Waals surface area contributed by atoms with Crippen molar-refractivity contribution in [3.05, 3.63) is 57.6 Å². The van der Waals surface area contributed by atoms with Gasteiger partial charge in [0.1, 0.15) is 17.8 Å². The summed E-state index contributed by atoms with van der Waals surface area (Å²) in [7, 11) is 0. The van der Waals surface area contributed by atoms with Gasteiger partial charge in [-0.2, -0.15) is 0 Å². The van der Waals surface area contributed by atoms with Crippen LogP contribution in [0.5, 0.6) is 0 Å². The number of morpholine rings is 1. The number of carbonyl (C=O) groups is 1. The second-order valence-corrected chi connectivity index (χ2v) is 7.95. The zero-order chi connectivity index (χ0) is 20.3. The molecule has 0 saturated carbocycles. The quantitative estimate of drug-likeness (QED) is 0.776. The van der Waals surface area contributed by atoms with E-state index in [1.165, 1.54) is 17.8 Å². The van der Waals surface area contributed by atoms with Crippen molar-refractivity contribution in [2.24, 2.45) is 0 Å². The Morgan fingerprint density at radius 3 is 2.68 bits per heavy atom. The first-order valence-electron chi connectivity index (χ1n) is 9.24. The smallest absolute Gasteiger partial charge is 0.338 e. The van der Waals surface area contributed by atoms with Gasteiger partial charge in [-0.05, 0) is 42.5 Å². The summed E-state index contributed by atoms with van der Waals surface area (Å²) in [6.45, 7) is 6.33. The van der Waals surface area contributed by atoms with Crippen LogP contribution in [0.15, 0.2) is 40.5 Å². The summed E-state index contributed by atoms with van der Waals surface area (Å²) in [6.07, 6.45) is 1.65. The van der Waals surface area contributed by atoms with E-state index in [1.807, 2.05) is 17.9 Å². The van der Waals surface area contributed by atoms with E-state index in [9.17, 15) is 18.7 Å². The molecule has 0 radical (unpaired) electrons. The number of nitrogens with zero attached hydrogens (tertiary/aromatic N) is 2. The first-order chi connectivity index (χ1) is 13.4. The fourth-order valence-corrected chi connectivity index (χ4v) is 4.54. The number of halogens is 2. The number of thioether (sulfide) groups is 1. The summed E-state index contributed by atoms with van der Waals surface area (Å²) in [5, 5.41) is 10.4. The first kappa shape index (κ1) is 20.8. The minimum atomic E-state index is -1.02. The summed E-state index contributed by atoms with van der Waals surface area (Å²) in [5.41, 5.74) is 1.09. The zero-order valence-corrected chi connectivity index (χ0v) is 16.8. The minimum absolute atomic E-state index is 0.0779. The summed E-state index contributed by atoms with van der Waals surface area (Å²) < 4.78 is 33.5. The van der Waals surface area contributed by atoms with Gasteiger partial charge < -0.3 is 14.7 Å². The largest absolute Gasteiger partial charge is 0.478 e. The van der Waals surface area contributed by atoms with Crippen LogP contribution in [-0.2, 0) is 16.1 Å². The molecule has 1 fully saturated rings. The van der Waals surface area contributed by atoms with Crippen LogP contribution in [0.1, 0.15) is 19.4 Å². The highest BCUT2D eigenvalue weighted by molar-refractivity contribution is 8.03. The fraction of sp³-hybridized carbons (Fsp3) is 0.450. The molecule has 8 heteroatoms. The Kier molecular flexibility index (Phi) is 6.74. The molecule has 1 atom stereocenters. The first-order valence-corrected chi connectivity index (χ1v) is 10.2. The molecule has 1 saturated heterocycles. The highest BCUT2D eigenvalue weighted by atomic mass is 32.2. The van der Waals surface area contributed by atoms with Crippen molar-refractivity contribution in [2.75, 3.05) is 32.1 Å². The molecule has 1 aromatic rings. The summed E-state index contributed by atoms with van der Waals surface area (Å²) in [4.78, 5) is 16.0. The molecule has 2 heterocycles. The van der Waals surface area contributed by atoms with E-state index < -0.39 is 17.6 Å². The van der Waals surface area contributed by atoms with Crippen molar-refractivity contribution < 1.29 is 23.4 Å². The van der Waals surface area contributed by atoms with Crippen molar-refractivity contribution in [1.29, 1.82) is 0 Å². The van der Waals surface area contributed by atoms with E-state index in [0.717, 1.165) is 12.1 Å². The van der Waals surface area contributed by atoms with Gasteiger partial charge in [0.25, 0.3) is 0 Å². The van der Waals surface area contributed by atoms with Crippen LogP contribution in [0.2, 0.25) is 0 Å². The van der Waals surface area contributed by atoms with E-state index in [4.69, 9.17) is 4.74 Å². The summed E-state index contributed by atoms with van der Waals surface area (Å²) in [5.74, 6) is -1.38. The number of hydrogen-bond donors (Lipinski definition) is 1. The Morgan fingerprint density at radius 1 is 1.32 bits per heavy atom. The van der Waals surface area contributed by atoms with E-state index in [2.05, 4.69) is 4.90 Å². The van der Waals surface area contributed by atoms with Gasteiger partial charge in [0.2, 0.25) is 0 Å². The van der Waals surface area contributed by atoms with E-state index in [1.54, 1.807) is 6.92 Å². The topological polar surface area (TPSA) is 53.0 Å². The molecule has 0 aliphatic carbocycles. The molecule has 2 aliphatic heterocycles. The lowest BCUT2D eigenvalue weighted by molar-refractivity contribution is -0.132. The molecule has 0 amide bonds. The molecular weight excluding hydrogens is 386 g/mol. The highest BCUT2D eigenvalue weighted by Crippen LogP contribution is 2.37. The van der Waals surface area contributed by atoms with Crippen LogP contribution in [0.3, 0.4) is 0 Å². The van der Waals surface area contributed by atoms with E-state index in [0.29, 0.717) is 42.7 Å². The molecule has 0 bridgehead atoms. The van der Waals surface area contributed by atoms with Gasteiger partial charge >= 0.3 is 5.97 Å². The Labute approximate surface area is 167 Å². The molecule has 1 aromatic carbocycles. The maximum absolute atomic E-state index is 14.4. The highest BCUT2D eigenvalue weighted by Gasteiger charge is 2.35. The van der Waals surface area contributed by atoms with Crippen molar-refractivity contribution in [3.63, 3.8) is 0 Å². The van der Waals surface area contributed by atoms with Crippen LogP contribution < -0.4 is 0 Å². The van der Waals surface area contributed by atoms with Crippen LogP contribution in [0.4, 0.5) is 8.78 Å². The average molecular weight is 410 g/mol. The maximum atomic E-state index is 14.4. The molecule has 1 N–H and O–H groups in total. The van der Waals surface area contributed by atoms with Gasteiger partial charge in [-0.3, -0.25) is 4.90 Å². The number of ether oxygens (including phenoxy) is 1. The van der Waals surface area contributed by atoms with Gasteiger partial charge in [0.15, 0.2) is 0 Å². The molecule has 28 heavy (non-hydrogen) atoms. The van der Waals surface area contributed by atoms with Crippen LogP contribution in [0.25, 0.3) is 0 Å². The molecule has 5 nitrogen and oxygen atoms in total. The van der Waals surface area contributed by atoms with Crippen molar-refractivity contribution >= 4 is 17.7 Å². The third kappa shape index (κ3) is 4.39. The molecule has 0 aromatic heterocycles. The van der Waals surface area contributed by atoms with Gasteiger partial charge in [0.05, 0.1) is 23.8 Å². The molecule has 3 rings (SSSR count). The molecule has 2 aliphatic rings.